The minimum absolute atomic E-state index is 0.0651. The first kappa shape index (κ1) is 17.0. The van der Waals surface area contributed by atoms with Gasteiger partial charge in [0.15, 0.2) is 9.84 Å². The van der Waals surface area contributed by atoms with Crippen LogP contribution in [0.25, 0.3) is 0 Å². The first-order valence-corrected chi connectivity index (χ1v) is 9.03. The Balaban J connectivity index is 2.00. The van der Waals surface area contributed by atoms with Gasteiger partial charge in [0.1, 0.15) is 6.04 Å². The lowest BCUT2D eigenvalue weighted by Gasteiger charge is -2.15. The average Bonchev–Trinajstić information content (AvgIpc) is 2.56. The molecule has 6 heteroatoms. The summed E-state index contributed by atoms with van der Waals surface area (Å²) in [5.41, 5.74) is 1.42. The summed E-state index contributed by atoms with van der Waals surface area (Å²) in [4.78, 5) is 12.4. The molecule has 0 heterocycles. The molecule has 0 aliphatic carbocycles. The Labute approximate surface area is 136 Å². The summed E-state index contributed by atoms with van der Waals surface area (Å²) in [6.45, 7) is 3.35. The Morgan fingerprint density at radius 1 is 1.00 bits per heavy atom. The number of rotatable bonds is 6. The van der Waals surface area contributed by atoms with Crippen LogP contribution in [0.1, 0.15) is 13.8 Å². The molecule has 0 aliphatic heterocycles. The highest BCUT2D eigenvalue weighted by atomic mass is 32.2. The van der Waals surface area contributed by atoms with Gasteiger partial charge in [0.2, 0.25) is 5.91 Å². The first-order valence-electron chi connectivity index (χ1n) is 7.37. The zero-order chi connectivity index (χ0) is 16.9. The van der Waals surface area contributed by atoms with Crippen molar-refractivity contribution in [2.45, 2.75) is 24.8 Å². The van der Waals surface area contributed by atoms with E-state index in [4.69, 9.17) is 0 Å². The van der Waals surface area contributed by atoms with Gasteiger partial charge < -0.3 is 10.6 Å². The van der Waals surface area contributed by atoms with Gasteiger partial charge in [0, 0.05) is 11.4 Å². The standard InChI is InChI=1S/C17H20N2O3S/c1-3-23(21,22)16-11-9-15(10-12-16)18-13(2)17(20)19-14-7-5-4-6-8-14/h4-13,18H,3H2,1-2H3,(H,19,20)/t13-/m1/s1. The molecule has 2 N–H and O–H groups in total. The van der Waals surface area contributed by atoms with Gasteiger partial charge in [0.25, 0.3) is 0 Å². The first-order chi connectivity index (χ1) is 10.9. The molecular weight excluding hydrogens is 312 g/mol. The number of carbonyl (C=O) groups is 1. The monoisotopic (exact) mass is 332 g/mol. The highest BCUT2D eigenvalue weighted by Gasteiger charge is 2.14. The second kappa shape index (κ2) is 7.28. The van der Waals surface area contributed by atoms with Gasteiger partial charge in [-0.05, 0) is 43.3 Å². The van der Waals surface area contributed by atoms with E-state index in [-0.39, 0.29) is 16.6 Å². The van der Waals surface area contributed by atoms with E-state index in [2.05, 4.69) is 10.6 Å². The number of benzene rings is 2. The normalized spacial score (nSPS) is 12.4. The molecule has 0 unspecified atom stereocenters. The predicted octanol–water partition coefficient (Wildman–Crippen LogP) is 2.92. The number of hydrogen-bond acceptors (Lipinski definition) is 4. The zero-order valence-electron chi connectivity index (χ0n) is 13.1. The largest absolute Gasteiger partial charge is 0.374 e. The van der Waals surface area contributed by atoms with E-state index in [1.807, 2.05) is 30.3 Å². The molecule has 1 atom stereocenters. The maximum Gasteiger partial charge on any atom is 0.246 e. The van der Waals surface area contributed by atoms with Crippen molar-refractivity contribution in [1.82, 2.24) is 0 Å². The minimum atomic E-state index is -3.21. The van der Waals surface area contributed by atoms with Gasteiger partial charge >= 0.3 is 0 Å². The molecule has 0 radical (unpaired) electrons. The van der Waals surface area contributed by atoms with Gasteiger partial charge in [-0.15, -0.1) is 0 Å². The Morgan fingerprint density at radius 2 is 1.61 bits per heavy atom. The van der Waals surface area contributed by atoms with Crippen molar-refractivity contribution in [3.63, 3.8) is 0 Å². The third kappa shape index (κ3) is 4.56. The molecule has 2 aromatic rings. The molecule has 0 saturated heterocycles. The molecule has 23 heavy (non-hydrogen) atoms. The molecule has 2 aromatic carbocycles. The fourth-order valence-electron chi connectivity index (χ4n) is 2.01. The van der Waals surface area contributed by atoms with Crippen molar-refractivity contribution in [3.8, 4) is 0 Å². The van der Waals surface area contributed by atoms with Crippen molar-refractivity contribution in [2.75, 3.05) is 16.4 Å². The fraction of sp³-hybridized carbons (Fsp3) is 0.235. The summed E-state index contributed by atoms with van der Waals surface area (Å²) in [6, 6.07) is 15.2. The topological polar surface area (TPSA) is 75.3 Å². The van der Waals surface area contributed by atoms with Crippen molar-refractivity contribution >= 4 is 27.1 Å². The smallest absolute Gasteiger partial charge is 0.246 e. The predicted molar refractivity (Wildman–Crippen MR) is 92.3 cm³/mol. The van der Waals surface area contributed by atoms with E-state index in [9.17, 15) is 13.2 Å². The number of nitrogens with one attached hydrogen (secondary N) is 2. The van der Waals surface area contributed by atoms with Crippen molar-refractivity contribution in [1.29, 1.82) is 0 Å². The highest BCUT2D eigenvalue weighted by Crippen LogP contribution is 2.16. The molecule has 0 fully saturated rings. The third-order valence-corrected chi connectivity index (χ3v) is 5.16. The lowest BCUT2D eigenvalue weighted by Crippen LogP contribution is -2.31. The van der Waals surface area contributed by atoms with E-state index in [1.54, 1.807) is 38.1 Å². The van der Waals surface area contributed by atoms with Crippen LogP contribution in [-0.2, 0) is 14.6 Å². The van der Waals surface area contributed by atoms with Crippen LogP contribution >= 0.6 is 0 Å². The second-order valence-corrected chi connectivity index (χ2v) is 7.43. The van der Waals surface area contributed by atoms with Crippen LogP contribution in [-0.4, -0.2) is 26.1 Å². The lowest BCUT2D eigenvalue weighted by atomic mass is 10.2. The lowest BCUT2D eigenvalue weighted by molar-refractivity contribution is -0.116. The maximum atomic E-state index is 12.1. The van der Waals surface area contributed by atoms with Gasteiger partial charge in [-0.2, -0.15) is 0 Å². The van der Waals surface area contributed by atoms with Crippen LogP contribution in [0.3, 0.4) is 0 Å². The number of para-hydroxylation sites is 1. The summed E-state index contributed by atoms with van der Waals surface area (Å²) in [6.07, 6.45) is 0. The van der Waals surface area contributed by atoms with Crippen LogP contribution < -0.4 is 10.6 Å². The summed E-state index contributed by atoms with van der Waals surface area (Å²) in [7, 11) is -3.21. The molecular formula is C17H20N2O3S. The van der Waals surface area contributed by atoms with Crippen molar-refractivity contribution < 1.29 is 13.2 Å². The van der Waals surface area contributed by atoms with Crippen molar-refractivity contribution in [3.05, 3.63) is 54.6 Å². The molecule has 2 rings (SSSR count). The van der Waals surface area contributed by atoms with E-state index >= 15 is 0 Å². The number of amides is 1. The number of sulfone groups is 1. The third-order valence-electron chi connectivity index (χ3n) is 3.41. The number of carbonyl (C=O) groups excluding carboxylic acids is 1. The SMILES string of the molecule is CCS(=O)(=O)c1ccc(N[C@H](C)C(=O)Nc2ccccc2)cc1. The van der Waals surface area contributed by atoms with Gasteiger partial charge in [0.05, 0.1) is 10.6 Å². The van der Waals surface area contributed by atoms with E-state index in [0.717, 1.165) is 5.69 Å². The molecule has 1 amide bonds. The van der Waals surface area contributed by atoms with Gasteiger partial charge in [-0.1, -0.05) is 25.1 Å². The van der Waals surface area contributed by atoms with E-state index in [1.165, 1.54) is 0 Å². The maximum absolute atomic E-state index is 12.1. The summed E-state index contributed by atoms with van der Waals surface area (Å²) in [5, 5.41) is 5.86. The van der Waals surface area contributed by atoms with E-state index < -0.39 is 15.9 Å². The fourth-order valence-corrected chi connectivity index (χ4v) is 2.90. The Hall–Kier alpha value is -2.34. The Morgan fingerprint density at radius 3 is 2.17 bits per heavy atom. The number of hydrogen-bond donors (Lipinski definition) is 2. The quantitative estimate of drug-likeness (QED) is 0.853. The molecule has 0 saturated carbocycles. The van der Waals surface area contributed by atoms with Crippen LogP contribution in [0.5, 0.6) is 0 Å². The average molecular weight is 332 g/mol. The molecule has 0 bridgehead atoms. The Bertz CT molecular complexity index is 756. The molecule has 0 spiro atoms. The number of anilines is 2. The molecule has 0 aromatic heterocycles. The second-order valence-electron chi connectivity index (χ2n) is 5.15. The van der Waals surface area contributed by atoms with Crippen LogP contribution in [0.4, 0.5) is 11.4 Å². The summed E-state index contributed by atoms with van der Waals surface area (Å²) >= 11 is 0. The Kier molecular flexibility index (Phi) is 5.39. The van der Waals surface area contributed by atoms with Gasteiger partial charge in [-0.3, -0.25) is 4.79 Å². The zero-order valence-corrected chi connectivity index (χ0v) is 13.9. The van der Waals surface area contributed by atoms with Crippen molar-refractivity contribution in [2.24, 2.45) is 0 Å². The highest BCUT2D eigenvalue weighted by molar-refractivity contribution is 7.91. The molecule has 5 nitrogen and oxygen atoms in total. The summed E-state index contributed by atoms with van der Waals surface area (Å²) < 4.78 is 23.5. The van der Waals surface area contributed by atoms with Gasteiger partial charge in [-0.25, -0.2) is 8.42 Å². The van der Waals surface area contributed by atoms with E-state index in [0.29, 0.717) is 5.69 Å². The summed E-state index contributed by atoms with van der Waals surface area (Å²) in [5.74, 6) is -0.100. The van der Waals surface area contributed by atoms with Crippen LogP contribution in [0, 0.1) is 0 Å². The molecule has 122 valence electrons. The minimum Gasteiger partial charge on any atom is -0.374 e. The van der Waals surface area contributed by atoms with Crippen LogP contribution in [0.2, 0.25) is 0 Å². The molecule has 0 aliphatic rings. The van der Waals surface area contributed by atoms with Crippen LogP contribution in [0.15, 0.2) is 59.5 Å².